The van der Waals surface area contributed by atoms with Crippen molar-refractivity contribution in [1.29, 1.82) is 0 Å². The summed E-state index contributed by atoms with van der Waals surface area (Å²) in [6.07, 6.45) is 22.5. The van der Waals surface area contributed by atoms with E-state index in [-0.39, 0.29) is 49.0 Å². The van der Waals surface area contributed by atoms with Crippen molar-refractivity contribution >= 4 is 6.29 Å². The lowest BCUT2D eigenvalue weighted by atomic mass is 9.45. The molecule has 378 valence electrons. The Kier molecular flexibility index (Phi) is 20.2. The Balaban J connectivity index is 1.31. The van der Waals surface area contributed by atoms with Crippen LogP contribution in [0.3, 0.4) is 0 Å². The Morgan fingerprint density at radius 2 is 1.88 bits per heavy atom. The average Bonchev–Trinajstić information content (AvgIpc) is 3.69. The van der Waals surface area contributed by atoms with Crippen molar-refractivity contribution in [2.45, 2.75) is 121 Å². The summed E-state index contributed by atoms with van der Waals surface area (Å²) in [5.74, 6) is 0.187. The molecule has 0 unspecified atom stereocenters. The number of hydrogen-bond acceptors (Lipinski definition) is 11. The number of fused-ring (bicyclic) bond motifs is 5. The van der Waals surface area contributed by atoms with Crippen molar-refractivity contribution in [2.24, 2.45) is 46.8 Å². The van der Waals surface area contributed by atoms with Gasteiger partial charge >= 0.3 is 0 Å². The van der Waals surface area contributed by atoms with Crippen LogP contribution in [0.25, 0.3) is 0 Å². The zero-order valence-corrected chi connectivity index (χ0v) is 42.1. The van der Waals surface area contributed by atoms with Crippen LogP contribution in [-0.2, 0) is 27.1 Å². The third-order valence-electron chi connectivity index (χ3n) is 17.1. The molecule has 1 aromatic carbocycles. The maximum Gasteiger partial charge on any atom is 0.145 e. The van der Waals surface area contributed by atoms with Gasteiger partial charge in [-0.2, -0.15) is 0 Å². The molecule has 1 heterocycles. The lowest BCUT2D eigenvalue weighted by Crippen LogP contribution is -2.65. The minimum absolute atomic E-state index is 0.0543. The van der Waals surface area contributed by atoms with Crippen molar-refractivity contribution < 1.29 is 39.8 Å². The predicted molar refractivity (Wildman–Crippen MR) is 272 cm³/mol. The van der Waals surface area contributed by atoms with Crippen molar-refractivity contribution in [1.82, 2.24) is 16.0 Å². The fraction of sp³-hybridized carbons (Fsp3) is 0.667. The van der Waals surface area contributed by atoms with Gasteiger partial charge in [0.25, 0.3) is 0 Å². The van der Waals surface area contributed by atoms with Crippen LogP contribution in [0.2, 0.25) is 0 Å². The van der Waals surface area contributed by atoms with Crippen LogP contribution in [0.4, 0.5) is 0 Å². The molecule has 3 fully saturated rings. The van der Waals surface area contributed by atoms with E-state index in [0.29, 0.717) is 62.7 Å². The van der Waals surface area contributed by atoms with E-state index in [1.54, 1.807) is 0 Å². The second kappa shape index (κ2) is 25.4. The van der Waals surface area contributed by atoms with Gasteiger partial charge in [0.1, 0.15) is 12.4 Å². The first kappa shape index (κ1) is 54.3. The highest BCUT2D eigenvalue weighted by Gasteiger charge is 2.68. The zero-order chi connectivity index (χ0) is 48.9. The van der Waals surface area contributed by atoms with Gasteiger partial charge in [-0.05, 0) is 164 Å². The largest absolute Gasteiger partial charge is 0.396 e. The van der Waals surface area contributed by atoms with Crippen LogP contribution in [0.5, 0.6) is 0 Å². The number of allylic oxidation sites excluding steroid dienone is 9. The van der Waals surface area contributed by atoms with Crippen molar-refractivity contribution in [2.75, 3.05) is 73.9 Å². The van der Waals surface area contributed by atoms with Crippen LogP contribution in [0.15, 0.2) is 95.2 Å². The number of methoxy groups -OCH3 is 1. The second-order valence-electron chi connectivity index (χ2n) is 21.3. The van der Waals surface area contributed by atoms with E-state index in [9.17, 15) is 30.3 Å². The van der Waals surface area contributed by atoms with E-state index < -0.39 is 35.7 Å². The molecule has 11 nitrogen and oxygen atoms in total. The van der Waals surface area contributed by atoms with Crippen molar-refractivity contribution in [3.63, 3.8) is 0 Å². The standard InChI is InChI=1S/C57H87N3O8/c1-39-17-18-45(30-42-12-10-13-43(29-42)31-55(60-33-39,25-28-67-6)51-16-8-7-14-47(51)34-59-5)40(2)11-9-15-48(37-68-38-49(64)36-63)50-21-23-57(54(50)65)53-44(22-27-61)19-20-46(52(53)41(3)35-62)32-56(57,66)24-26-58-4/h9-13,15,17,19-20,29,35,44-47,49-51,53-54,58-61,63-66H,2,7-8,14,16,18,21-28,30-34,36-38H2,1,3-6H3/b11-9+,39-17+,48-15-,52-41?/t44-,45+,46-,47+,49+,50-,51-,53-,54+,55+,56+,57+/m0/s1. The normalized spacial score (nSPS) is 35.4. The Bertz CT molecular complexity index is 1980. The van der Waals surface area contributed by atoms with Gasteiger partial charge in [0.2, 0.25) is 0 Å². The highest BCUT2D eigenvalue weighted by molar-refractivity contribution is 5.74. The van der Waals surface area contributed by atoms with Crippen LogP contribution in [-0.4, -0.2) is 129 Å². The molecule has 0 saturated heterocycles. The number of hydrogen-bond donors (Lipinski definition) is 8. The van der Waals surface area contributed by atoms with Crippen LogP contribution >= 0.6 is 0 Å². The van der Waals surface area contributed by atoms with Gasteiger partial charge in [0, 0.05) is 49.7 Å². The number of aliphatic hydroxyl groups excluding tert-OH is 4. The fourth-order valence-corrected chi connectivity index (χ4v) is 13.7. The molecule has 0 radical (unpaired) electrons. The number of rotatable bonds is 21. The summed E-state index contributed by atoms with van der Waals surface area (Å²) in [5, 5.41) is 67.1. The summed E-state index contributed by atoms with van der Waals surface area (Å²) < 4.78 is 11.9. The smallest absolute Gasteiger partial charge is 0.145 e. The summed E-state index contributed by atoms with van der Waals surface area (Å²) in [4.78, 5) is 12.5. The summed E-state index contributed by atoms with van der Waals surface area (Å²) in [7, 11) is 5.76. The van der Waals surface area contributed by atoms with E-state index in [1.165, 1.54) is 42.4 Å². The molecule has 0 aromatic heterocycles. The van der Waals surface area contributed by atoms with Crippen LogP contribution < -0.4 is 16.0 Å². The Labute approximate surface area is 408 Å². The van der Waals surface area contributed by atoms with Gasteiger partial charge < -0.3 is 51.0 Å². The Morgan fingerprint density at radius 3 is 2.62 bits per heavy atom. The van der Waals surface area contributed by atoms with Gasteiger partial charge in [0.05, 0.1) is 31.5 Å². The summed E-state index contributed by atoms with van der Waals surface area (Å²) in [6, 6.07) is 9.16. The number of aliphatic hydroxyl groups is 5. The van der Waals surface area contributed by atoms with E-state index in [1.807, 2.05) is 33.2 Å². The minimum atomic E-state index is -1.27. The SMILES string of the molecule is C=C(/C=C/C=C(/COC[C@H](O)CO)[C@@H]1CC[C@]2([C@@H]1O)[C@@H]1C(=C(C)C=O)[C@@H](C=C[C@H]1CCO)C[C@]2(O)CCNC)[C@@H]1C/C=C(\C)CN[C@@](CCOC)([C@H]2CCCC[C@@H]2CNC)Cc2cccc(c2)C1. The van der Waals surface area contributed by atoms with Gasteiger partial charge in [-0.15, -0.1) is 0 Å². The molecule has 8 N–H and O–H groups in total. The quantitative estimate of drug-likeness (QED) is 0.0299. The molecule has 1 spiro atoms. The van der Waals surface area contributed by atoms with Gasteiger partial charge in [-0.25, -0.2) is 0 Å². The highest BCUT2D eigenvalue weighted by Crippen LogP contribution is 2.67. The second-order valence-corrected chi connectivity index (χ2v) is 21.3. The molecule has 4 aliphatic carbocycles. The average molecular weight is 942 g/mol. The van der Waals surface area contributed by atoms with Gasteiger partial charge in [-0.3, -0.25) is 4.79 Å². The molecule has 5 aliphatic rings. The van der Waals surface area contributed by atoms with Crippen LogP contribution in [0.1, 0.15) is 95.6 Å². The lowest BCUT2D eigenvalue weighted by molar-refractivity contribution is -0.194. The maximum atomic E-state index is 13.0. The first-order valence-corrected chi connectivity index (χ1v) is 25.9. The van der Waals surface area contributed by atoms with E-state index in [0.717, 1.165) is 61.8 Å². The molecule has 68 heavy (non-hydrogen) atoms. The fourth-order valence-electron chi connectivity index (χ4n) is 13.7. The number of benzene rings is 1. The number of ether oxygens (including phenoxy) is 2. The Hall–Kier alpha value is -3.07. The monoisotopic (exact) mass is 942 g/mol. The predicted octanol–water partition coefficient (Wildman–Crippen LogP) is 6.35. The lowest BCUT2D eigenvalue weighted by Gasteiger charge is -2.61. The number of carbonyl (C=O) groups is 1. The Morgan fingerprint density at radius 1 is 1.09 bits per heavy atom. The molecule has 1 aromatic rings. The highest BCUT2D eigenvalue weighted by atomic mass is 16.5. The molecule has 12 atom stereocenters. The molecular weight excluding hydrogens is 855 g/mol. The third kappa shape index (κ3) is 12.2. The van der Waals surface area contributed by atoms with E-state index in [2.05, 4.69) is 85.1 Å². The topological polar surface area (TPSA) is 173 Å². The summed E-state index contributed by atoms with van der Waals surface area (Å²) in [6.45, 7) is 11.4. The first-order valence-electron chi connectivity index (χ1n) is 25.9. The van der Waals surface area contributed by atoms with Gasteiger partial charge in [-0.1, -0.05) is 96.9 Å². The third-order valence-corrected chi connectivity index (χ3v) is 17.1. The molecule has 4 bridgehead atoms. The summed E-state index contributed by atoms with van der Waals surface area (Å²) in [5.41, 5.74) is 4.97. The molecule has 0 amide bonds. The molecule has 1 aliphatic heterocycles. The number of nitrogens with one attached hydrogen (secondary N) is 3. The first-order chi connectivity index (χ1) is 32.8. The molecule has 11 heteroatoms. The van der Waals surface area contributed by atoms with E-state index in [4.69, 9.17) is 9.47 Å². The van der Waals surface area contributed by atoms with Crippen molar-refractivity contribution in [3.05, 3.63) is 106 Å². The number of aldehydes is 1. The molecule has 3 saturated carbocycles. The number of carbonyl (C=O) groups excluding carboxylic acids is 1. The molecular formula is C57H87N3O8. The maximum absolute atomic E-state index is 13.0. The minimum Gasteiger partial charge on any atom is -0.396 e. The van der Waals surface area contributed by atoms with Gasteiger partial charge in [0.15, 0.2) is 0 Å². The zero-order valence-electron chi connectivity index (χ0n) is 42.1. The van der Waals surface area contributed by atoms with Crippen LogP contribution in [0, 0.1) is 46.8 Å². The van der Waals surface area contributed by atoms with E-state index >= 15 is 0 Å². The van der Waals surface area contributed by atoms with Crippen molar-refractivity contribution in [3.8, 4) is 0 Å². The summed E-state index contributed by atoms with van der Waals surface area (Å²) >= 11 is 0. The molecule has 6 rings (SSSR count).